The maximum absolute atomic E-state index is 14.0. The number of nitrogens with one attached hydrogen (secondary N) is 1. The molecule has 0 fully saturated rings. The lowest BCUT2D eigenvalue weighted by atomic mass is 9.89. The third-order valence-corrected chi connectivity index (χ3v) is 4.09. The highest BCUT2D eigenvalue weighted by Crippen LogP contribution is 2.30. The van der Waals surface area contributed by atoms with E-state index in [1.54, 1.807) is 6.07 Å². The highest BCUT2D eigenvalue weighted by molar-refractivity contribution is 5.84. The standard InChI is InChI=1S/C17H21FN2/c1-2-10-19-11-14-12-6-3-4-9-16(12)20-17-13(14)7-5-8-15(17)18/h5,7-8,19H,2-4,6,9-11H2,1H3. The highest BCUT2D eigenvalue weighted by atomic mass is 19.1. The number of rotatable bonds is 4. The Morgan fingerprint density at radius 3 is 2.95 bits per heavy atom. The topological polar surface area (TPSA) is 24.9 Å². The summed E-state index contributed by atoms with van der Waals surface area (Å²) >= 11 is 0. The lowest BCUT2D eigenvalue weighted by Gasteiger charge is -2.21. The van der Waals surface area contributed by atoms with E-state index in [9.17, 15) is 4.39 Å². The molecule has 1 heterocycles. The first-order valence-corrected chi connectivity index (χ1v) is 7.61. The van der Waals surface area contributed by atoms with E-state index < -0.39 is 0 Å². The summed E-state index contributed by atoms with van der Waals surface area (Å²) in [6, 6.07) is 5.30. The van der Waals surface area contributed by atoms with Gasteiger partial charge in [0.1, 0.15) is 11.3 Å². The van der Waals surface area contributed by atoms with Gasteiger partial charge in [0.15, 0.2) is 0 Å². The monoisotopic (exact) mass is 272 g/mol. The number of nitrogens with zero attached hydrogens (tertiary/aromatic N) is 1. The molecule has 0 amide bonds. The van der Waals surface area contributed by atoms with E-state index in [1.807, 2.05) is 6.07 Å². The fourth-order valence-corrected chi connectivity index (χ4v) is 3.10. The smallest absolute Gasteiger partial charge is 0.149 e. The lowest BCUT2D eigenvalue weighted by Crippen LogP contribution is -2.18. The summed E-state index contributed by atoms with van der Waals surface area (Å²) in [5.74, 6) is -0.201. The van der Waals surface area contributed by atoms with Crippen LogP contribution in [-0.2, 0) is 19.4 Å². The Morgan fingerprint density at radius 1 is 1.25 bits per heavy atom. The van der Waals surface area contributed by atoms with Gasteiger partial charge in [-0.1, -0.05) is 19.1 Å². The van der Waals surface area contributed by atoms with Crippen LogP contribution >= 0.6 is 0 Å². The van der Waals surface area contributed by atoms with Crippen molar-refractivity contribution in [3.05, 3.63) is 40.8 Å². The SMILES string of the molecule is CCCNCc1c2c(nc3c(F)cccc13)CCCC2. The zero-order valence-corrected chi connectivity index (χ0v) is 12.0. The molecule has 1 aromatic carbocycles. The van der Waals surface area contributed by atoms with Gasteiger partial charge in [-0.25, -0.2) is 9.37 Å². The van der Waals surface area contributed by atoms with Crippen molar-refractivity contribution in [2.75, 3.05) is 6.54 Å². The van der Waals surface area contributed by atoms with Crippen LogP contribution in [0.4, 0.5) is 4.39 Å². The maximum atomic E-state index is 14.0. The van der Waals surface area contributed by atoms with Crippen LogP contribution in [-0.4, -0.2) is 11.5 Å². The van der Waals surface area contributed by atoms with Crippen LogP contribution < -0.4 is 5.32 Å². The summed E-state index contributed by atoms with van der Waals surface area (Å²) < 4.78 is 14.0. The molecule has 1 aliphatic rings. The quantitative estimate of drug-likeness (QED) is 0.857. The Hall–Kier alpha value is -1.48. The van der Waals surface area contributed by atoms with Crippen molar-refractivity contribution >= 4 is 10.9 Å². The second-order valence-corrected chi connectivity index (χ2v) is 5.54. The molecule has 1 N–H and O–H groups in total. The van der Waals surface area contributed by atoms with E-state index in [4.69, 9.17) is 0 Å². The van der Waals surface area contributed by atoms with Crippen LogP contribution in [0.1, 0.15) is 43.0 Å². The Kier molecular flexibility index (Phi) is 3.97. The molecule has 0 unspecified atom stereocenters. The average Bonchev–Trinajstić information content (AvgIpc) is 2.48. The van der Waals surface area contributed by atoms with Crippen molar-refractivity contribution in [2.24, 2.45) is 0 Å². The molecule has 0 saturated heterocycles. The minimum Gasteiger partial charge on any atom is -0.313 e. The van der Waals surface area contributed by atoms with Crippen LogP contribution in [0.25, 0.3) is 10.9 Å². The van der Waals surface area contributed by atoms with Crippen molar-refractivity contribution in [3.63, 3.8) is 0 Å². The molecular formula is C17H21FN2. The predicted octanol–water partition coefficient (Wildman–Crippen LogP) is 3.75. The first-order valence-electron chi connectivity index (χ1n) is 7.61. The second kappa shape index (κ2) is 5.88. The van der Waals surface area contributed by atoms with Gasteiger partial charge in [-0.05, 0) is 55.8 Å². The van der Waals surface area contributed by atoms with Gasteiger partial charge in [-0.3, -0.25) is 0 Å². The van der Waals surface area contributed by atoms with Gasteiger partial charge in [0, 0.05) is 17.6 Å². The fourth-order valence-electron chi connectivity index (χ4n) is 3.10. The number of hydrogen-bond donors (Lipinski definition) is 1. The summed E-state index contributed by atoms with van der Waals surface area (Å²) in [7, 11) is 0. The van der Waals surface area contributed by atoms with Crippen LogP contribution in [0, 0.1) is 5.82 Å². The number of para-hydroxylation sites is 1. The van der Waals surface area contributed by atoms with E-state index in [0.29, 0.717) is 5.52 Å². The molecule has 20 heavy (non-hydrogen) atoms. The molecule has 2 nitrogen and oxygen atoms in total. The van der Waals surface area contributed by atoms with Crippen molar-refractivity contribution in [3.8, 4) is 0 Å². The number of hydrogen-bond acceptors (Lipinski definition) is 2. The summed E-state index contributed by atoms with van der Waals surface area (Å²) in [4.78, 5) is 4.60. The molecular weight excluding hydrogens is 251 g/mol. The number of pyridine rings is 1. The first kappa shape index (κ1) is 13.5. The highest BCUT2D eigenvalue weighted by Gasteiger charge is 2.19. The van der Waals surface area contributed by atoms with Gasteiger partial charge in [0.05, 0.1) is 0 Å². The molecule has 0 bridgehead atoms. The number of benzene rings is 1. The zero-order chi connectivity index (χ0) is 13.9. The average molecular weight is 272 g/mol. The molecule has 106 valence electrons. The molecule has 0 spiro atoms. The predicted molar refractivity (Wildman–Crippen MR) is 80.3 cm³/mol. The van der Waals surface area contributed by atoms with Crippen LogP contribution in [0.15, 0.2) is 18.2 Å². The summed E-state index contributed by atoms with van der Waals surface area (Å²) in [5.41, 5.74) is 4.28. The zero-order valence-electron chi connectivity index (χ0n) is 12.0. The molecule has 0 saturated carbocycles. The molecule has 3 heteroatoms. The molecule has 1 aliphatic carbocycles. The van der Waals surface area contributed by atoms with E-state index in [2.05, 4.69) is 17.2 Å². The Labute approximate surface area is 119 Å². The van der Waals surface area contributed by atoms with Crippen LogP contribution in [0.2, 0.25) is 0 Å². The van der Waals surface area contributed by atoms with Crippen molar-refractivity contribution in [2.45, 2.75) is 45.6 Å². The third-order valence-electron chi connectivity index (χ3n) is 4.09. The van der Waals surface area contributed by atoms with E-state index in [0.717, 1.165) is 43.4 Å². The third kappa shape index (κ3) is 2.42. The molecule has 0 radical (unpaired) electrons. The summed E-state index contributed by atoms with van der Waals surface area (Å²) in [6.45, 7) is 3.97. The fraction of sp³-hybridized carbons (Fsp3) is 0.471. The Balaban J connectivity index is 2.13. The minimum absolute atomic E-state index is 0.201. The maximum Gasteiger partial charge on any atom is 0.149 e. The Bertz CT molecular complexity index is 622. The van der Waals surface area contributed by atoms with Crippen molar-refractivity contribution in [1.82, 2.24) is 10.3 Å². The van der Waals surface area contributed by atoms with E-state index >= 15 is 0 Å². The molecule has 2 aromatic rings. The number of aryl methyl sites for hydroxylation is 1. The van der Waals surface area contributed by atoms with E-state index in [1.165, 1.54) is 30.0 Å². The number of halogens is 1. The van der Waals surface area contributed by atoms with Crippen LogP contribution in [0.3, 0.4) is 0 Å². The van der Waals surface area contributed by atoms with Gasteiger partial charge in [0.2, 0.25) is 0 Å². The van der Waals surface area contributed by atoms with Gasteiger partial charge in [0.25, 0.3) is 0 Å². The van der Waals surface area contributed by atoms with Gasteiger partial charge in [-0.2, -0.15) is 0 Å². The van der Waals surface area contributed by atoms with Gasteiger partial charge >= 0.3 is 0 Å². The molecule has 1 aromatic heterocycles. The van der Waals surface area contributed by atoms with Crippen LogP contribution in [0.5, 0.6) is 0 Å². The molecule has 0 atom stereocenters. The van der Waals surface area contributed by atoms with Gasteiger partial charge in [-0.15, -0.1) is 0 Å². The normalized spacial score (nSPS) is 14.5. The second-order valence-electron chi connectivity index (χ2n) is 5.54. The minimum atomic E-state index is -0.201. The van der Waals surface area contributed by atoms with Crippen molar-refractivity contribution in [1.29, 1.82) is 0 Å². The lowest BCUT2D eigenvalue weighted by molar-refractivity contribution is 0.624. The number of fused-ring (bicyclic) bond motifs is 2. The first-order chi connectivity index (χ1) is 9.81. The summed E-state index contributed by atoms with van der Waals surface area (Å²) in [6.07, 6.45) is 5.57. The van der Waals surface area contributed by atoms with Crippen molar-refractivity contribution < 1.29 is 4.39 Å². The Morgan fingerprint density at radius 2 is 2.10 bits per heavy atom. The largest absolute Gasteiger partial charge is 0.313 e. The van der Waals surface area contributed by atoms with Gasteiger partial charge < -0.3 is 5.32 Å². The number of aromatic nitrogens is 1. The van der Waals surface area contributed by atoms with E-state index in [-0.39, 0.29) is 5.82 Å². The molecule has 3 rings (SSSR count). The summed E-state index contributed by atoms with van der Waals surface area (Å²) in [5, 5.41) is 4.44. The molecule has 0 aliphatic heterocycles.